The number of rotatable bonds is 5. The molecule has 0 bridgehead atoms. The first kappa shape index (κ1) is 16.3. The van der Waals surface area contributed by atoms with Crippen LogP contribution in [-0.2, 0) is 4.79 Å². The van der Waals surface area contributed by atoms with Gasteiger partial charge in [-0.2, -0.15) is 0 Å². The molecule has 2 aromatic heterocycles. The topological polar surface area (TPSA) is 77.2 Å². The highest BCUT2D eigenvalue weighted by atomic mass is 32.1. The van der Waals surface area contributed by atoms with Crippen molar-refractivity contribution >= 4 is 33.3 Å². The Morgan fingerprint density at radius 1 is 1.15 bits per heavy atom. The van der Waals surface area contributed by atoms with Crippen LogP contribution in [0.2, 0.25) is 0 Å². The van der Waals surface area contributed by atoms with Gasteiger partial charge in [-0.25, -0.2) is 0 Å². The van der Waals surface area contributed by atoms with Gasteiger partial charge in [0.1, 0.15) is 11.3 Å². The quantitative estimate of drug-likeness (QED) is 0.571. The molecule has 4 rings (SSSR count). The van der Waals surface area contributed by atoms with Gasteiger partial charge in [0, 0.05) is 5.39 Å². The third kappa shape index (κ3) is 3.57. The Hall–Kier alpha value is -3.19. The number of ether oxygens (including phenoxy) is 1. The van der Waals surface area contributed by atoms with Crippen LogP contribution in [-0.4, -0.2) is 22.7 Å². The highest BCUT2D eigenvalue weighted by Gasteiger charge is 2.13. The second kappa shape index (κ2) is 6.97. The van der Waals surface area contributed by atoms with Crippen LogP contribution in [0.15, 0.2) is 59.0 Å². The van der Waals surface area contributed by atoms with Gasteiger partial charge in [-0.05, 0) is 31.2 Å². The molecule has 0 aliphatic rings. The number of anilines is 1. The van der Waals surface area contributed by atoms with E-state index in [-0.39, 0.29) is 12.5 Å². The number of carbonyl (C=O) groups excluding carboxylic acids is 1. The number of aryl methyl sites for hydroxylation is 1. The second-order valence-electron chi connectivity index (χ2n) is 5.71. The van der Waals surface area contributed by atoms with Crippen LogP contribution in [0.5, 0.6) is 5.75 Å². The summed E-state index contributed by atoms with van der Waals surface area (Å²) in [7, 11) is 0. The molecule has 0 aliphatic carbocycles. The maximum Gasteiger partial charge on any atom is 0.264 e. The average molecular weight is 365 g/mol. The molecule has 0 atom stereocenters. The van der Waals surface area contributed by atoms with Crippen molar-refractivity contribution < 1.29 is 13.9 Å². The van der Waals surface area contributed by atoms with E-state index in [0.29, 0.717) is 21.6 Å². The lowest BCUT2D eigenvalue weighted by atomic mass is 10.2. The van der Waals surface area contributed by atoms with Gasteiger partial charge in [0.25, 0.3) is 5.91 Å². The minimum atomic E-state index is -0.294. The molecule has 4 aromatic rings. The first-order valence-corrected chi connectivity index (χ1v) is 8.81. The van der Waals surface area contributed by atoms with E-state index < -0.39 is 0 Å². The Balaban J connectivity index is 1.39. The number of amides is 1. The number of nitrogens with zero attached hydrogens (tertiary/aromatic N) is 2. The molecule has 7 heteroatoms. The van der Waals surface area contributed by atoms with Crippen LogP contribution >= 0.6 is 11.3 Å². The van der Waals surface area contributed by atoms with E-state index in [9.17, 15) is 4.79 Å². The number of para-hydroxylation sites is 1. The van der Waals surface area contributed by atoms with Crippen LogP contribution in [0, 0.1) is 6.92 Å². The van der Waals surface area contributed by atoms with Crippen molar-refractivity contribution in [2.24, 2.45) is 0 Å². The smallest absolute Gasteiger partial charge is 0.264 e. The van der Waals surface area contributed by atoms with Gasteiger partial charge in [0.15, 0.2) is 17.4 Å². The minimum absolute atomic E-state index is 0.0946. The van der Waals surface area contributed by atoms with Gasteiger partial charge in [-0.15, -0.1) is 10.2 Å². The molecule has 1 N–H and O–H groups in total. The summed E-state index contributed by atoms with van der Waals surface area (Å²) < 4.78 is 11.2. The molecule has 0 unspecified atom stereocenters. The van der Waals surface area contributed by atoms with Crippen LogP contribution in [0.25, 0.3) is 21.7 Å². The van der Waals surface area contributed by atoms with Crippen molar-refractivity contribution in [3.63, 3.8) is 0 Å². The number of carbonyl (C=O) groups is 1. The summed E-state index contributed by atoms with van der Waals surface area (Å²) in [5, 5.41) is 12.8. The third-order valence-corrected chi connectivity index (χ3v) is 4.55. The highest BCUT2D eigenvalue weighted by molar-refractivity contribution is 7.18. The van der Waals surface area contributed by atoms with Gasteiger partial charge in [0.2, 0.25) is 5.13 Å². The molecular formula is C19H15N3O3S. The summed E-state index contributed by atoms with van der Waals surface area (Å²) in [6.45, 7) is 1.90. The standard InChI is InChI=1S/C19H15N3O3S/c1-12-6-8-14(9-7-12)24-11-17(23)20-19-22-21-18(26-19)16-10-13-4-2-3-5-15(13)25-16/h2-10H,11H2,1H3,(H,20,22,23). The summed E-state index contributed by atoms with van der Waals surface area (Å²) in [5.74, 6) is 0.976. The first-order chi connectivity index (χ1) is 12.7. The van der Waals surface area contributed by atoms with Crippen molar-refractivity contribution in [1.82, 2.24) is 10.2 Å². The van der Waals surface area contributed by atoms with E-state index >= 15 is 0 Å². The number of hydrogen-bond acceptors (Lipinski definition) is 6. The zero-order chi connectivity index (χ0) is 17.9. The number of hydrogen-bond donors (Lipinski definition) is 1. The summed E-state index contributed by atoms with van der Waals surface area (Å²) >= 11 is 1.25. The van der Waals surface area contributed by atoms with Gasteiger partial charge < -0.3 is 9.15 Å². The van der Waals surface area contributed by atoms with Crippen molar-refractivity contribution in [2.75, 3.05) is 11.9 Å². The van der Waals surface area contributed by atoms with E-state index in [1.54, 1.807) is 0 Å². The monoisotopic (exact) mass is 365 g/mol. The summed E-state index contributed by atoms with van der Waals surface area (Å²) in [4.78, 5) is 12.0. The Morgan fingerprint density at radius 2 is 1.96 bits per heavy atom. The fourth-order valence-electron chi connectivity index (χ4n) is 2.40. The minimum Gasteiger partial charge on any atom is -0.484 e. The Bertz CT molecular complexity index is 1020. The third-order valence-electron chi connectivity index (χ3n) is 3.70. The van der Waals surface area contributed by atoms with E-state index in [4.69, 9.17) is 9.15 Å². The van der Waals surface area contributed by atoms with Crippen molar-refractivity contribution in [3.05, 3.63) is 60.2 Å². The van der Waals surface area contributed by atoms with E-state index in [2.05, 4.69) is 15.5 Å². The van der Waals surface area contributed by atoms with Gasteiger partial charge in [-0.3, -0.25) is 10.1 Å². The summed E-state index contributed by atoms with van der Waals surface area (Å²) in [6, 6.07) is 17.1. The molecule has 0 radical (unpaired) electrons. The van der Waals surface area contributed by atoms with Crippen LogP contribution < -0.4 is 10.1 Å². The Kier molecular flexibility index (Phi) is 4.37. The first-order valence-electron chi connectivity index (χ1n) is 7.99. The number of aromatic nitrogens is 2. The molecule has 2 heterocycles. The summed E-state index contributed by atoms with van der Waals surface area (Å²) in [6.07, 6.45) is 0. The number of fused-ring (bicyclic) bond motifs is 1. The van der Waals surface area contributed by atoms with Crippen LogP contribution in [0.1, 0.15) is 5.56 Å². The zero-order valence-electron chi connectivity index (χ0n) is 13.9. The van der Waals surface area contributed by atoms with E-state index in [1.807, 2.05) is 61.5 Å². The van der Waals surface area contributed by atoms with Crippen molar-refractivity contribution in [2.45, 2.75) is 6.92 Å². The second-order valence-corrected chi connectivity index (χ2v) is 6.69. The molecule has 0 saturated heterocycles. The largest absolute Gasteiger partial charge is 0.484 e. The average Bonchev–Trinajstić information content (AvgIpc) is 3.27. The lowest BCUT2D eigenvalue weighted by Gasteiger charge is -2.05. The van der Waals surface area contributed by atoms with Crippen LogP contribution in [0.4, 0.5) is 5.13 Å². The summed E-state index contributed by atoms with van der Waals surface area (Å²) in [5.41, 5.74) is 1.92. The number of nitrogens with one attached hydrogen (secondary N) is 1. The molecule has 1 amide bonds. The van der Waals surface area contributed by atoms with E-state index in [1.165, 1.54) is 11.3 Å². The Morgan fingerprint density at radius 3 is 2.77 bits per heavy atom. The maximum absolute atomic E-state index is 12.0. The van der Waals surface area contributed by atoms with E-state index in [0.717, 1.165) is 16.5 Å². The Labute approximate surface area is 153 Å². The molecular weight excluding hydrogens is 350 g/mol. The van der Waals surface area contributed by atoms with Gasteiger partial charge in [0.05, 0.1) is 0 Å². The van der Waals surface area contributed by atoms with Crippen molar-refractivity contribution in [1.29, 1.82) is 0 Å². The zero-order valence-corrected chi connectivity index (χ0v) is 14.7. The normalized spacial score (nSPS) is 10.8. The van der Waals surface area contributed by atoms with Crippen LogP contribution in [0.3, 0.4) is 0 Å². The molecule has 6 nitrogen and oxygen atoms in total. The number of benzene rings is 2. The molecule has 2 aromatic carbocycles. The molecule has 26 heavy (non-hydrogen) atoms. The lowest BCUT2D eigenvalue weighted by molar-refractivity contribution is -0.118. The lowest BCUT2D eigenvalue weighted by Crippen LogP contribution is -2.20. The molecule has 130 valence electrons. The molecule has 0 saturated carbocycles. The maximum atomic E-state index is 12.0. The van der Waals surface area contributed by atoms with Crippen molar-refractivity contribution in [3.8, 4) is 16.5 Å². The fraction of sp³-hybridized carbons (Fsp3) is 0.105. The molecule has 0 spiro atoms. The fourth-order valence-corrected chi connectivity index (χ4v) is 3.11. The SMILES string of the molecule is Cc1ccc(OCC(=O)Nc2nnc(-c3cc4ccccc4o3)s2)cc1. The predicted octanol–water partition coefficient (Wildman–Crippen LogP) is 4.28. The van der Waals surface area contributed by atoms with Gasteiger partial charge in [-0.1, -0.05) is 47.2 Å². The number of furan rings is 1. The van der Waals surface area contributed by atoms with Gasteiger partial charge >= 0.3 is 0 Å². The molecule has 0 fully saturated rings. The predicted molar refractivity (Wildman–Crippen MR) is 100 cm³/mol. The molecule has 0 aliphatic heterocycles. The highest BCUT2D eigenvalue weighted by Crippen LogP contribution is 2.31.